The third-order valence-corrected chi connectivity index (χ3v) is 15.0. The lowest BCUT2D eigenvalue weighted by Gasteiger charge is -2.54. The molecule has 9 nitrogen and oxygen atoms in total. The number of alkyl halides is 1. The van der Waals surface area contributed by atoms with E-state index in [-0.39, 0.29) is 78.3 Å². The van der Waals surface area contributed by atoms with Gasteiger partial charge in [-0.2, -0.15) is 0 Å². The van der Waals surface area contributed by atoms with Crippen LogP contribution in [0.5, 0.6) is 0 Å². The SMILES string of the molecule is CC#CC(=O)N1CC(S(=O)(=O)c2ccc(N3CC(F)(CN4CCC([C@@](CN5CCC5)(c5cccc(F)c5)[C@H]5CCC[C@@H]5CC(=O)OC)CC4)C3)c(F)c2)C1. The highest BCUT2D eigenvalue weighted by molar-refractivity contribution is 7.92. The van der Waals surface area contributed by atoms with Gasteiger partial charge in [-0.05, 0) is 125 Å². The molecule has 0 bridgehead atoms. The number of rotatable bonds is 12. The number of anilines is 1. The molecule has 0 spiro atoms. The van der Waals surface area contributed by atoms with Gasteiger partial charge in [0.25, 0.3) is 5.91 Å². The smallest absolute Gasteiger partial charge is 0.305 e. The molecule has 1 amide bonds. The first-order valence-electron chi connectivity index (χ1n) is 19.3. The van der Waals surface area contributed by atoms with Crippen LogP contribution < -0.4 is 4.90 Å². The average molecular weight is 769 g/mol. The number of sulfone groups is 1. The Morgan fingerprint density at radius 1 is 0.963 bits per heavy atom. The lowest BCUT2D eigenvalue weighted by Crippen LogP contribution is -2.65. The molecule has 2 aromatic rings. The van der Waals surface area contributed by atoms with Crippen molar-refractivity contribution in [1.29, 1.82) is 0 Å². The fraction of sp³-hybridized carbons (Fsp3) is 0.610. The Bertz CT molecular complexity index is 1890. The first kappa shape index (κ1) is 38.7. The van der Waals surface area contributed by atoms with Crippen LogP contribution in [0, 0.1) is 41.2 Å². The van der Waals surface area contributed by atoms with E-state index >= 15 is 8.78 Å². The third kappa shape index (κ3) is 7.50. The number of nitrogens with zero attached hydrogens (tertiary/aromatic N) is 4. The van der Waals surface area contributed by atoms with Gasteiger partial charge >= 0.3 is 5.97 Å². The summed E-state index contributed by atoms with van der Waals surface area (Å²) in [7, 11) is -2.43. The summed E-state index contributed by atoms with van der Waals surface area (Å²) in [4.78, 5) is 31.9. The van der Waals surface area contributed by atoms with E-state index in [4.69, 9.17) is 4.74 Å². The first-order chi connectivity index (χ1) is 25.8. The van der Waals surface area contributed by atoms with Crippen LogP contribution >= 0.6 is 0 Å². The van der Waals surface area contributed by atoms with Gasteiger partial charge in [-0.15, -0.1) is 0 Å². The minimum absolute atomic E-state index is 0.00637. The largest absolute Gasteiger partial charge is 0.469 e. The molecule has 7 rings (SSSR count). The minimum Gasteiger partial charge on any atom is -0.469 e. The van der Waals surface area contributed by atoms with Gasteiger partial charge in [-0.25, -0.2) is 21.6 Å². The van der Waals surface area contributed by atoms with Crippen LogP contribution in [-0.2, 0) is 29.6 Å². The summed E-state index contributed by atoms with van der Waals surface area (Å²) < 4.78 is 77.9. The van der Waals surface area contributed by atoms with Crippen molar-refractivity contribution in [3.8, 4) is 11.8 Å². The molecule has 0 radical (unpaired) electrons. The second kappa shape index (κ2) is 15.5. The molecule has 0 aromatic heterocycles. The fourth-order valence-corrected chi connectivity index (χ4v) is 11.7. The predicted octanol–water partition coefficient (Wildman–Crippen LogP) is 4.84. The molecule has 0 N–H and O–H groups in total. The van der Waals surface area contributed by atoms with Crippen LogP contribution in [0.15, 0.2) is 47.4 Å². The van der Waals surface area contributed by atoms with Gasteiger partial charge in [0, 0.05) is 38.0 Å². The van der Waals surface area contributed by atoms with E-state index in [0.29, 0.717) is 19.5 Å². The van der Waals surface area contributed by atoms with Crippen molar-refractivity contribution in [3.63, 3.8) is 0 Å². The molecule has 292 valence electrons. The molecular weight excluding hydrogens is 718 g/mol. The average Bonchev–Trinajstić information content (AvgIpc) is 3.55. The van der Waals surface area contributed by atoms with E-state index in [0.717, 1.165) is 69.8 Å². The maximum Gasteiger partial charge on any atom is 0.305 e. The second-order valence-electron chi connectivity index (χ2n) is 16.2. The van der Waals surface area contributed by atoms with Crippen molar-refractivity contribution in [3.05, 3.63) is 59.7 Å². The highest BCUT2D eigenvalue weighted by Crippen LogP contribution is 2.54. The Kier molecular flexibility index (Phi) is 11.1. The number of methoxy groups -OCH3 is 1. The molecular formula is C41H51F3N4O5S. The lowest BCUT2D eigenvalue weighted by atomic mass is 9.56. The standard InChI is InChI=1S/C41H51F3N4O5S/c1-3-7-38(49)47-23-34(24-47)54(51,52)33-12-13-37(36(43)22-33)48-26-40(44,27-48)25-46-18-14-30(15-19-46)41(28-45-16-6-17-45,31-9-5-10-32(42)21-31)35-11-4-8-29(35)20-39(50)53-2/h5,9-10,12-13,21-22,29-30,34-35H,4,6,8,11,14-20,23-28H2,1-2H3/t29-,35+,41+/m1/s1. The van der Waals surface area contributed by atoms with Gasteiger partial charge in [0.2, 0.25) is 0 Å². The topological polar surface area (TPSA) is 90.5 Å². The van der Waals surface area contributed by atoms with Gasteiger partial charge in [0.05, 0.1) is 30.8 Å². The van der Waals surface area contributed by atoms with Gasteiger partial charge < -0.3 is 19.4 Å². The Hall–Kier alpha value is -3.60. The Morgan fingerprint density at radius 2 is 1.70 bits per heavy atom. The molecule has 4 heterocycles. The van der Waals surface area contributed by atoms with Crippen molar-refractivity contribution in [1.82, 2.24) is 14.7 Å². The van der Waals surface area contributed by atoms with Crippen LogP contribution in [0.3, 0.4) is 0 Å². The summed E-state index contributed by atoms with van der Waals surface area (Å²) >= 11 is 0. The van der Waals surface area contributed by atoms with Gasteiger partial charge in [-0.3, -0.25) is 14.5 Å². The Balaban J connectivity index is 1.01. The zero-order chi connectivity index (χ0) is 38.3. The maximum absolute atomic E-state index is 16.2. The summed E-state index contributed by atoms with van der Waals surface area (Å²) in [5.74, 6) is 3.82. The van der Waals surface area contributed by atoms with Crippen LogP contribution in [0.4, 0.5) is 18.9 Å². The van der Waals surface area contributed by atoms with Crippen molar-refractivity contribution in [2.24, 2.45) is 17.8 Å². The molecule has 2 aromatic carbocycles. The molecule has 4 saturated heterocycles. The quantitative estimate of drug-likeness (QED) is 0.224. The molecule has 3 atom stereocenters. The van der Waals surface area contributed by atoms with E-state index in [1.54, 1.807) is 17.0 Å². The number of amides is 1. The fourth-order valence-electron chi connectivity index (χ4n) is 10.0. The van der Waals surface area contributed by atoms with Crippen molar-refractivity contribution in [2.75, 3.05) is 77.5 Å². The van der Waals surface area contributed by atoms with Gasteiger partial charge in [-0.1, -0.05) is 24.5 Å². The number of carbonyl (C=O) groups excluding carboxylic acids is 2. The molecule has 1 saturated carbocycles. The normalized spacial score (nSPS) is 24.8. The summed E-state index contributed by atoms with van der Waals surface area (Å²) in [6.45, 7) is 5.91. The van der Waals surface area contributed by atoms with Crippen molar-refractivity contribution in [2.45, 2.75) is 73.1 Å². The number of likely N-dealkylation sites (tertiary alicyclic amines) is 3. The third-order valence-electron chi connectivity index (χ3n) is 12.9. The van der Waals surface area contributed by atoms with E-state index < -0.39 is 32.5 Å². The molecule has 1 aliphatic carbocycles. The number of piperidine rings is 1. The number of carbonyl (C=O) groups is 2. The van der Waals surface area contributed by atoms with Crippen LogP contribution in [0.1, 0.15) is 57.4 Å². The van der Waals surface area contributed by atoms with E-state index in [2.05, 4.69) is 27.7 Å². The minimum atomic E-state index is -3.86. The van der Waals surface area contributed by atoms with Crippen LogP contribution in [0.25, 0.3) is 0 Å². The summed E-state index contributed by atoms with van der Waals surface area (Å²) in [5.41, 5.74) is -0.755. The number of hydrogen-bond donors (Lipinski definition) is 0. The molecule has 5 aliphatic rings. The van der Waals surface area contributed by atoms with E-state index in [1.165, 1.54) is 37.1 Å². The highest BCUT2D eigenvalue weighted by atomic mass is 32.2. The Morgan fingerprint density at radius 3 is 2.33 bits per heavy atom. The first-order valence-corrected chi connectivity index (χ1v) is 20.9. The summed E-state index contributed by atoms with van der Waals surface area (Å²) in [5, 5.41) is -0.828. The van der Waals surface area contributed by atoms with Gasteiger partial charge in [0.15, 0.2) is 15.5 Å². The summed E-state index contributed by atoms with van der Waals surface area (Å²) in [6.07, 6.45) is 6.03. The zero-order valence-corrected chi connectivity index (χ0v) is 32.1. The van der Waals surface area contributed by atoms with E-state index in [1.807, 2.05) is 0 Å². The molecule has 0 unspecified atom stereocenters. The van der Waals surface area contributed by atoms with Crippen molar-refractivity contribution < 1.29 is 35.9 Å². The van der Waals surface area contributed by atoms with Gasteiger partial charge in [0.1, 0.15) is 16.9 Å². The molecule has 54 heavy (non-hydrogen) atoms. The monoisotopic (exact) mass is 768 g/mol. The lowest BCUT2D eigenvalue weighted by molar-refractivity contribution is -0.142. The molecule has 13 heteroatoms. The number of esters is 1. The Labute approximate surface area is 317 Å². The van der Waals surface area contributed by atoms with E-state index in [9.17, 15) is 22.4 Å². The predicted molar refractivity (Wildman–Crippen MR) is 199 cm³/mol. The highest BCUT2D eigenvalue weighted by Gasteiger charge is 2.54. The second-order valence-corrected chi connectivity index (χ2v) is 18.4. The number of halogens is 3. The van der Waals surface area contributed by atoms with Crippen LogP contribution in [0.2, 0.25) is 0 Å². The molecule has 4 aliphatic heterocycles. The maximum atomic E-state index is 16.2. The number of hydrogen-bond acceptors (Lipinski definition) is 8. The summed E-state index contributed by atoms with van der Waals surface area (Å²) in [6, 6.07) is 10.8. The number of ether oxygens (including phenoxy) is 1. The van der Waals surface area contributed by atoms with Crippen LogP contribution in [-0.4, -0.2) is 118 Å². The molecule has 5 fully saturated rings. The van der Waals surface area contributed by atoms with Crippen molar-refractivity contribution >= 4 is 27.4 Å². The zero-order valence-electron chi connectivity index (χ0n) is 31.2. The number of benzene rings is 2.